The number of hydrogen-bond donors (Lipinski definition) is 2. The molecule has 1 unspecified atom stereocenters. The van der Waals surface area contributed by atoms with Crippen molar-refractivity contribution in [3.05, 3.63) is 58.6 Å². The molecule has 0 radical (unpaired) electrons. The van der Waals surface area contributed by atoms with Crippen LogP contribution in [0.2, 0.25) is 5.02 Å². The molecule has 0 saturated carbocycles. The van der Waals surface area contributed by atoms with Gasteiger partial charge < -0.3 is 11.1 Å². The maximum atomic E-state index is 12.3. The van der Waals surface area contributed by atoms with Crippen molar-refractivity contribution in [1.29, 1.82) is 0 Å². The molecule has 0 aliphatic carbocycles. The van der Waals surface area contributed by atoms with Gasteiger partial charge in [0.1, 0.15) is 0 Å². The highest BCUT2D eigenvalue weighted by molar-refractivity contribution is 8.00. The molecule has 6 heteroatoms. The molecule has 0 bridgehead atoms. The zero-order valence-corrected chi connectivity index (χ0v) is 14.4. The van der Waals surface area contributed by atoms with Gasteiger partial charge in [-0.15, -0.1) is 11.8 Å². The average molecular weight is 349 g/mol. The highest BCUT2D eigenvalue weighted by Crippen LogP contribution is 2.26. The minimum Gasteiger partial charge on any atom is -0.366 e. The van der Waals surface area contributed by atoms with Crippen LogP contribution < -0.4 is 11.1 Å². The van der Waals surface area contributed by atoms with Crippen molar-refractivity contribution in [2.24, 2.45) is 5.73 Å². The second kappa shape index (κ2) is 7.53. The van der Waals surface area contributed by atoms with Gasteiger partial charge in [0, 0.05) is 21.2 Å². The fourth-order valence-electron chi connectivity index (χ4n) is 2.04. The Morgan fingerprint density at radius 2 is 1.83 bits per heavy atom. The molecule has 3 N–H and O–H groups in total. The number of nitrogens with one attached hydrogen (secondary N) is 1. The molecular weight excluding hydrogens is 332 g/mol. The first-order valence-corrected chi connectivity index (χ1v) is 8.26. The molecule has 2 rings (SSSR count). The number of carbonyl (C=O) groups is 2. The topological polar surface area (TPSA) is 72.2 Å². The number of hydrogen-bond acceptors (Lipinski definition) is 3. The lowest BCUT2D eigenvalue weighted by Crippen LogP contribution is -2.23. The molecule has 0 heterocycles. The Morgan fingerprint density at radius 1 is 1.17 bits per heavy atom. The number of carbonyl (C=O) groups excluding carboxylic acids is 2. The van der Waals surface area contributed by atoms with E-state index >= 15 is 0 Å². The molecule has 23 heavy (non-hydrogen) atoms. The smallest absolute Gasteiger partial charge is 0.249 e. The molecular formula is C17H17ClN2O2S. The summed E-state index contributed by atoms with van der Waals surface area (Å²) in [5.41, 5.74) is 6.98. The third-order valence-corrected chi connectivity index (χ3v) is 4.72. The van der Waals surface area contributed by atoms with Crippen molar-refractivity contribution >= 4 is 40.9 Å². The Kier molecular flexibility index (Phi) is 5.69. The molecule has 0 aliphatic heterocycles. The first kappa shape index (κ1) is 17.4. The minimum atomic E-state index is -0.512. The predicted molar refractivity (Wildman–Crippen MR) is 95.1 cm³/mol. The summed E-state index contributed by atoms with van der Waals surface area (Å²) >= 11 is 7.28. The maximum Gasteiger partial charge on any atom is 0.249 e. The molecule has 2 aromatic rings. The van der Waals surface area contributed by atoms with Crippen LogP contribution in [0.1, 0.15) is 22.8 Å². The molecule has 4 nitrogen and oxygen atoms in total. The van der Waals surface area contributed by atoms with Gasteiger partial charge in [-0.1, -0.05) is 17.7 Å². The largest absolute Gasteiger partial charge is 0.366 e. The van der Waals surface area contributed by atoms with Gasteiger partial charge in [0.2, 0.25) is 11.8 Å². The fourth-order valence-corrected chi connectivity index (χ4v) is 3.04. The number of primary amides is 1. The lowest BCUT2D eigenvalue weighted by molar-refractivity contribution is -0.115. The van der Waals surface area contributed by atoms with Crippen molar-refractivity contribution in [3.8, 4) is 0 Å². The second-order valence-electron chi connectivity index (χ2n) is 5.05. The normalized spacial score (nSPS) is 11.8. The summed E-state index contributed by atoms with van der Waals surface area (Å²) in [6.45, 7) is 3.58. The summed E-state index contributed by atoms with van der Waals surface area (Å²) in [6.07, 6.45) is 0. The maximum absolute atomic E-state index is 12.3. The third kappa shape index (κ3) is 4.50. The second-order valence-corrected chi connectivity index (χ2v) is 6.90. The van der Waals surface area contributed by atoms with E-state index in [-0.39, 0.29) is 11.2 Å². The molecule has 0 saturated heterocycles. The highest BCUT2D eigenvalue weighted by atomic mass is 35.5. The summed E-state index contributed by atoms with van der Waals surface area (Å²) in [7, 11) is 0. The fraction of sp³-hybridized carbons (Fsp3) is 0.176. The SMILES string of the molecule is Cc1c(NC(=O)C(C)Sc2ccc(Cl)cc2)cccc1C(N)=O. The van der Waals surface area contributed by atoms with Crippen LogP contribution in [0.5, 0.6) is 0 Å². The third-order valence-electron chi connectivity index (χ3n) is 3.35. The molecule has 1 atom stereocenters. The van der Waals surface area contributed by atoms with E-state index in [1.165, 1.54) is 11.8 Å². The Morgan fingerprint density at radius 3 is 2.43 bits per heavy atom. The van der Waals surface area contributed by atoms with Gasteiger partial charge in [-0.3, -0.25) is 9.59 Å². The monoisotopic (exact) mass is 348 g/mol. The number of halogens is 1. The van der Waals surface area contributed by atoms with E-state index in [4.69, 9.17) is 17.3 Å². The lowest BCUT2D eigenvalue weighted by Gasteiger charge is -2.14. The summed E-state index contributed by atoms with van der Waals surface area (Å²) in [4.78, 5) is 24.7. The molecule has 120 valence electrons. The van der Waals surface area contributed by atoms with Crippen molar-refractivity contribution in [2.45, 2.75) is 24.0 Å². The van der Waals surface area contributed by atoms with Gasteiger partial charge >= 0.3 is 0 Å². The molecule has 0 aliphatic rings. The van der Waals surface area contributed by atoms with Gasteiger partial charge in [-0.2, -0.15) is 0 Å². The first-order chi connectivity index (χ1) is 10.9. The van der Waals surface area contributed by atoms with Gasteiger partial charge in [0.25, 0.3) is 0 Å². The van der Waals surface area contributed by atoms with E-state index in [1.807, 2.05) is 19.1 Å². The van der Waals surface area contributed by atoms with Crippen LogP contribution >= 0.6 is 23.4 Å². The van der Waals surface area contributed by atoms with Gasteiger partial charge in [-0.05, 0) is 55.8 Å². The van der Waals surface area contributed by atoms with Crippen molar-refractivity contribution in [1.82, 2.24) is 0 Å². The van der Waals surface area contributed by atoms with Crippen LogP contribution in [0.25, 0.3) is 0 Å². The van der Waals surface area contributed by atoms with E-state index in [1.54, 1.807) is 37.3 Å². The van der Waals surface area contributed by atoms with Gasteiger partial charge in [0.15, 0.2) is 0 Å². The minimum absolute atomic E-state index is 0.144. The van der Waals surface area contributed by atoms with Crippen molar-refractivity contribution in [3.63, 3.8) is 0 Å². The first-order valence-electron chi connectivity index (χ1n) is 7.01. The van der Waals surface area contributed by atoms with Gasteiger partial charge in [0.05, 0.1) is 5.25 Å². The number of rotatable bonds is 5. The highest BCUT2D eigenvalue weighted by Gasteiger charge is 2.17. The van der Waals surface area contributed by atoms with E-state index < -0.39 is 5.91 Å². The van der Waals surface area contributed by atoms with Crippen LogP contribution in [0, 0.1) is 6.92 Å². The molecule has 2 amide bonds. The Balaban J connectivity index is 2.08. The summed E-state index contributed by atoms with van der Waals surface area (Å²) < 4.78 is 0. The van der Waals surface area contributed by atoms with Gasteiger partial charge in [-0.25, -0.2) is 0 Å². The Hall–Kier alpha value is -1.98. The van der Waals surface area contributed by atoms with E-state index in [2.05, 4.69) is 5.32 Å². The number of anilines is 1. The van der Waals surface area contributed by atoms with Crippen LogP contribution in [0.4, 0.5) is 5.69 Å². The van der Waals surface area contributed by atoms with Crippen molar-refractivity contribution < 1.29 is 9.59 Å². The number of amides is 2. The lowest BCUT2D eigenvalue weighted by atomic mass is 10.1. The van der Waals surface area contributed by atoms with Crippen molar-refractivity contribution in [2.75, 3.05) is 5.32 Å². The summed E-state index contributed by atoms with van der Waals surface area (Å²) in [5.74, 6) is -0.656. The molecule has 0 aromatic heterocycles. The van der Waals surface area contributed by atoms with Crippen LogP contribution in [0.3, 0.4) is 0 Å². The predicted octanol–water partition coefficient (Wildman–Crippen LogP) is 3.87. The van der Waals surface area contributed by atoms with Crippen LogP contribution in [-0.4, -0.2) is 17.1 Å². The summed E-state index contributed by atoms with van der Waals surface area (Å²) in [6, 6.07) is 12.4. The molecule has 2 aromatic carbocycles. The molecule has 0 fully saturated rings. The zero-order valence-electron chi connectivity index (χ0n) is 12.8. The van der Waals surface area contributed by atoms with E-state index in [0.29, 0.717) is 21.8 Å². The summed E-state index contributed by atoms with van der Waals surface area (Å²) in [5, 5.41) is 3.20. The Bertz CT molecular complexity index is 732. The van der Waals surface area contributed by atoms with E-state index in [9.17, 15) is 9.59 Å². The van der Waals surface area contributed by atoms with E-state index in [0.717, 1.165) is 4.90 Å². The number of nitrogens with two attached hydrogens (primary N) is 1. The van der Waals surface area contributed by atoms with Crippen LogP contribution in [-0.2, 0) is 4.79 Å². The zero-order chi connectivity index (χ0) is 17.0. The average Bonchev–Trinajstić information content (AvgIpc) is 2.51. The Labute approximate surface area is 144 Å². The van der Waals surface area contributed by atoms with Crippen LogP contribution in [0.15, 0.2) is 47.4 Å². The standard InChI is InChI=1S/C17H17ClN2O2S/c1-10-14(16(19)21)4-3-5-15(10)20-17(22)11(2)23-13-8-6-12(18)7-9-13/h3-9,11H,1-2H3,(H2,19,21)(H,20,22). The molecule has 0 spiro atoms. The quantitative estimate of drug-likeness (QED) is 0.806. The number of benzene rings is 2. The number of thioether (sulfide) groups is 1.